The molecule has 0 atom stereocenters. The first-order chi connectivity index (χ1) is 11.9. The van der Waals surface area contributed by atoms with E-state index in [2.05, 4.69) is 5.32 Å². The van der Waals surface area contributed by atoms with Crippen molar-refractivity contribution in [2.45, 2.75) is 33.4 Å². The highest BCUT2D eigenvalue weighted by Crippen LogP contribution is 2.08. The summed E-state index contributed by atoms with van der Waals surface area (Å²) in [4.78, 5) is 25.4. The summed E-state index contributed by atoms with van der Waals surface area (Å²) in [5, 5.41) is 2.78. The van der Waals surface area contributed by atoms with Crippen molar-refractivity contribution >= 4 is 11.8 Å². The second-order valence-electron chi connectivity index (χ2n) is 6.08. The van der Waals surface area contributed by atoms with Gasteiger partial charge in [-0.3, -0.25) is 9.59 Å². The highest BCUT2D eigenvalue weighted by molar-refractivity contribution is 5.78. The van der Waals surface area contributed by atoms with Gasteiger partial charge in [-0.15, -0.1) is 0 Å². The van der Waals surface area contributed by atoms with Crippen molar-refractivity contribution in [3.8, 4) is 0 Å². The zero-order valence-corrected chi connectivity index (χ0v) is 14.6. The molecule has 25 heavy (non-hydrogen) atoms. The number of carbonyl (C=O) groups excluding carboxylic acids is 2. The molecule has 132 valence electrons. The Bertz CT molecular complexity index is 711. The normalized spacial score (nSPS) is 10.4. The van der Waals surface area contributed by atoms with Crippen LogP contribution in [0.15, 0.2) is 48.5 Å². The van der Waals surface area contributed by atoms with Crippen molar-refractivity contribution in [1.29, 1.82) is 0 Å². The van der Waals surface area contributed by atoms with Crippen molar-refractivity contribution in [3.05, 3.63) is 71.0 Å². The lowest BCUT2D eigenvalue weighted by Crippen LogP contribution is -2.33. The fourth-order valence-electron chi connectivity index (χ4n) is 2.39. The van der Waals surface area contributed by atoms with Crippen LogP contribution in [0.3, 0.4) is 0 Å². The van der Waals surface area contributed by atoms with Gasteiger partial charge in [0.2, 0.25) is 11.8 Å². The monoisotopic (exact) mass is 342 g/mol. The minimum atomic E-state index is -0.303. The maximum atomic E-state index is 12.8. The Kier molecular flexibility index (Phi) is 6.69. The molecule has 0 fully saturated rings. The summed E-state index contributed by atoms with van der Waals surface area (Å²) in [5.74, 6) is -0.505. The molecule has 0 unspecified atom stereocenters. The number of amides is 2. The lowest BCUT2D eigenvalue weighted by molar-refractivity contribution is -0.130. The predicted octanol–water partition coefficient (Wildman–Crippen LogP) is 3.19. The van der Waals surface area contributed by atoms with Crippen LogP contribution in [0.4, 0.5) is 4.39 Å². The van der Waals surface area contributed by atoms with E-state index >= 15 is 0 Å². The molecule has 0 aliphatic heterocycles. The first kappa shape index (κ1) is 18.6. The Morgan fingerprint density at radius 2 is 1.60 bits per heavy atom. The molecule has 0 saturated heterocycles. The maximum Gasteiger partial charge on any atom is 0.222 e. The molecule has 0 aliphatic rings. The first-order valence-corrected chi connectivity index (χ1v) is 8.26. The molecule has 2 rings (SSSR count). The Balaban J connectivity index is 1.81. The Labute approximate surface area is 147 Å². The second kappa shape index (κ2) is 8.97. The van der Waals surface area contributed by atoms with Crippen LogP contribution in [0.5, 0.6) is 0 Å². The molecule has 0 saturated carbocycles. The molecule has 0 bridgehead atoms. The third kappa shape index (κ3) is 6.37. The standard InChI is InChI=1S/C20H23FN2O2/c1-15-3-5-18(6-4-15)14-23(16(2)24)12-11-20(25)22-13-17-7-9-19(21)10-8-17/h3-10H,11-14H2,1-2H3,(H,22,25). The number of nitrogens with one attached hydrogen (secondary N) is 1. The van der Waals surface area contributed by atoms with Gasteiger partial charge in [-0.2, -0.15) is 0 Å². The summed E-state index contributed by atoms with van der Waals surface area (Å²) in [6, 6.07) is 14.0. The average molecular weight is 342 g/mol. The Hall–Kier alpha value is -2.69. The van der Waals surface area contributed by atoms with Crippen LogP contribution in [0.25, 0.3) is 0 Å². The van der Waals surface area contributed by atoms with Gasteiger partial charge in [-0.05, 0) is 30.2 Å². The fraction of sp³-hybridized carbons (Fsp3) is 0.300. The molecule has 0 aliphatic carbocycles. The lowest BCUT2D eigenvalue weighted by Gasteiger charge is -2.21. The van der Waals surface area contributed by atoms with Crippen molar-refractivity contribution in [1.82, 2.24) is 10.2 Å². The maximum absolute atomic E-state index is 12.8. The van der Waals surface area contributed by atoms with E-state index in [1.54, 1.807) is 17.0 Å². The molecule has 5 heteroatoms. The number of rotatable bonds is 7. The number of nitrogens with zero attached hydrogens (tertiary/aromatic N) is 1. The van der Waals surface area contributed by atoms with Crippen LogP contribution in [0.2, 0.25) is 0 Å². The molecule has 0 radical (unpaired) electrons. The zero-order chi connectivity index (χ0) is 18.2. The molecule has 1 N–H and O–H groups in total. The summed E-state index contributed by atoms with van der Waals surface area (Å²) >= 11 is 0. The Morgan fingerprint density at radius 3 is 2.20 bits per heavy atom. The van der Waals surface area contributed by atoms with Gasteiger partial charge in [0.1, 0.15) is 5.82 Å². The summed E-state index contributed by atoms with van der Waals surface area (Å²) < 4.78 is 12.8. The number of halogens is 1. The van der Waals surface area contributed by atoms with E-state index in [0.717, 1.165) is 11.1 Å². The third-order valence-corrected chi connectivity index (χ3v) is 3.95. The highest BCUT2D eigenvalue weighted by Gasteiger charge is 2.12. The van der Waals surface area contributed by atoms with E-state index < -0.39 is 0 Å². The van der Waals surface area contributed by atoms with Gasteiger partial charge in [0.05, 0.1) is 0 Å². The second-order valence-corrected chi connectivity index (χ2v) is 6.08. The average Bonchev–Trinajstić information content (AvgIpc) is 2.59. The quantitative estimate of drug-likeness (QED) is 0.840. The molecule has 2 amide bonds. The molecule has 2 aromatic rings. The molecule has 2 aromatic carbocycles. The largest absolute Gasteiger partial charge is 0.352 e. The number of carbonyl (C=O) groups is 2. The molecular weight excluding hydrogens is 319 g/mol. The van der Waals surface area contributed by atoms with Crippen LogP contribution in [-0.2, 0) is 22.7 Å². The minimum absolute atomic E-state index is 0.0630. The minimum Gasteiger partial charge on any atom is -0.352 e. The molecule has 0 aromatic heterocycles. The summed E-state index contributed by atoms with van der Waals surface area (Å²) in [5.41, 5.74) is 3.03. The SMILES string of the molecule is CC(=O)N(CCC(=O)NCc1ccc(F)cc1)Cc1ccc(C)cc1. The molecule has 0 heterocycles. The molecular formula is C20H23FN2O2. The fourth-order valence-corrected chi connectivity index (χ4v) is 2.39. The van der Waals surface area contributed by atoms with Crippen LogP contribution >= 0.6 is 0 Å². The van der Waals surface area contributed by atoms with E-state index in [4.69, 9.17) is 0 Å². The highest BCUT2D eigenvalue weighted by atomic mass is 19.1. The molecule has 0 spiro atoms. The van der Waals surface area contributed by atoms with Gasteiger partial charge < -0.3 is 10.2 Å². The van der Waals surface area contributed by atoms with Gasteiger partial charge in [0.25, 0.3) is 0 Å². The third-order valence-electron chi connectivity index (χ3n) is 3.95. The van der Waals surface area contributed by atoms with Gasteiger partial charge in [-0.1, -0.05) is 42.0 Å². The van der Waals surface area contributed by atoms with Crippen molar-refractivity contribution in [3.63, 3.8) is 0 Å². The van der Waals surface area contributed by atoms with Gasteiger partial charge in [0.15, 0.2) is 0 Å². The van der Waals surface area contributed by atoms with E-state index in [1.807, 2.05) is 31.2 Å². The van der Waals surface area contributed by atoms with Gasteiger partial charge in [0, 0.05) is 33.0 Å². The van der Waals surface area contributed by atoms with E-state index in [1.165, 1.54) is 24.6 Å². The van der Waals surface area contributed by atoms with Crippen LogP contribution in [0.1, 0.15) is 30.0 Å². The Morgan fingerprint density at radius 1 is 1.00 bits per heavy atom. The van der Waals surface area contributed by atoms with Crippen molar-refractivity contribution < 1.29 is 14.0 Å². The van der Waals surface area contributed by atoms with Crippen LogP contribution < -0.4 is 5.32 Å². The first-order valence-electron chi connectivity index (χ1n) is 8.26. The number of hydrogen-bond acceptors (Lipinski definition) is 2. The van der Waals surface area contributed by atoms with Gasteiger partial charge >= 0.3 is 0 Å². The van der Waals surface area contributed by atoms with Crippen molar-refractivity contribution in [2.24, 2.45) is 0 Å². The summed E-state index contributed by atoms with van der Waals surface area (Å²) in [6.07, 6.45) is 0.229. The number of aryl methyl sites for hydroxylation is 1. The van der Waals surface area contributed by atoms with Crippen molar-refractivity contribution in [2.75, 3.05) is 6.54 Å². The van der Waals surface area contributed by atoms with E-state index in [0.29, 0.717) is 19.6 Å². The van der Waals surface area contributed by atoms with E-state index in [-0.39, 0.29) is 24.1 Å². The van der Waals surface area contributed by atoms with E-state index in [9.17, 15) is 14.0 Å². The number of hydrogen-bond donors (Lipinski definition) is 1. The van der Waals surface area contributed by atoms with Crippen LogP contribution in [0, 0.1) is 12.7 Å². The summed E-state index contributed by atoms with van der Waals surface area (Å²) in [7, 11) is 0. The van der Waals surface area contributed by atoms with Gasteiger partial charge in [-0.25, -0.2) is 4.39 Å². The topological polar surface area (TPSA) is 49.4 Å². The summed E-state index contributed by atoms with van der Waals surface area (Å²) in [6.45, 7) is 4.71. The van der Waals surface area contributed by atoms with Crippen LogP contribution in [-0.4, -0.2) is 23.3 Å². The lowest BCUT2D eigenvalue weighted by atomic mass is 10.1. The smallest absolute Gasteiger partial charge is 0.222 e. The predicted molar refractivity (Wildman–Crippen MR) is 95.1 cm³/mol. The zero-order valence-electron chi connectivity index (χ0n) is 14.6. The molecule has 4 nitrogen and oxygen atoms in total. The number of benzene rings is 2.